The molecule has 1 N–H and O–H groups in total. The van der Waals surface area contributed by atoms with Gasteiger partial charge in [0.2, 0.25) is 0 Å². The molecule has 1 saturated carbocycles. The zero-order valence-electron chi connectivity index (χ0n) is 16.4. The molecule has 0 bridgehead atoms. The van der Waals surface area contributed by atoms with Gasteiger partial charge in [-0.2, -0.15) is 0 Å². The minimum atomic E-state index is -0.158. The van der Waals surface area contributed by atoms with E-state index in [1.807, 2.05) is 73.7 Å². The van der Waals surface area contributed by atoms with Gasteiger partial charge < -0.3 is 15.0 Å². The minimum Gasteiger partial charge on any atom is -0.483 e. The van der Waals surface area contributed by atoms with E-state index < -0.39 is 0 Å². The summed E-state index contributed by atoms with van der Waals surface area (Å²) in [5.41, 5.74) is 1.28. The molecule has 29 heavy (non-hydrogen) atoms. The van der Waals surface area contributed by atoms with Crippen molar-refractivity contribution < 1.29 is 14.3 Å². The van der Waals surface area contributed by atoms with Crippen LogP contribution in [-0.4, -0.2) is 31.0 Å². The number of para-hydroxylation sites is 1. The van der Waals surface area contributed by atoms with Gasteiger partial charge in [-0.25, -0.2) is 0 Å². The van der Waals surface area contributed by atoms with E-state index in [-0.39, 0.29) is 24.5 Å². The SMILES string of the molecule is CCN(C(=O)c1cc2ccccc2cc1OCC(=O)NC1CC1)c1ccccc1. The van der Waals surface area contributed by atoms with Crippen LogP contribution in [0.15, 0.2) is 66.7 Å². The van der Waals surface area contributed by atoms with Crippen LogP contribution in [0.2, 0.25) is 0 Å². The molecular weight excluding hydrogens is 364 g/mol. The van der Waals surface area contributed by atoms with Gasteiger partial charge in [0.1, 0.15) is 5.75 Å². The molecule has 0 heterocycles. The van der Waals surface area contributed by atoms with Crippen LogP contribution in [0.1, 0.15) is 30.1 Å². The fraction of sp³-hybridized carbons (Fsp3) is 0.250. The number of fused-ring (bicyclic) bond motifs is 1. The van der Waals surface area contributed by atoms with E-state index >= 15 is 0 Å². The van der Waals surface area contributed by atoms with Crippen LogP contribution in [0.3, 0.4) is 0 Å². The van der Waals surface area contributed by atoms with Gasteiger partial charge in [-0.05, 0) is 54.8 Å². The third-order valence-electron chi connectivity index (χ3n) is 5.01. The first kappa shape index (κ1) is 19.0. The Bertz CT molecular complexity index is 1030. The molecule has 5 nitrogen and oxygen atoms in total. The maximum absolute atomic E-state index is 13.4. The Morgan fingerprint density at radius 3 is 2.31 bits per heavy atom. The molecule has 1 fully saturated rings. The first-order valence-electron chi connectivity index (χ1n) is 9.97. The van der Waals surface area contributed by atoms with Gasteiger partial charge in [-0.15, -0.1) is 0 Å². The molecule has 0 unspecified atom stereocenters. The van der Waals surface area contributed by atoms with Gasteiger partial charge in [-0.1, -0.05) is 42.5 Å². The number of rotatable bonds is 7. The standard InChI is InChI=1S/C24H24N2O3/c1-2-26(20-10-4-3-5-11-20)24(28)21-14-17-8-6-7-9-18(17)15-22(21)29-16-23(27)25-19-12-13-19/h3-11,14-15,19H,2,12-13,16H2,1H3,(H,25,27). The van der Waals surface area contributed by atoms with Gasteiger partial charge in [0.05, 0.1) is 5.56 Å². The number of benzene rings is 3. The van der Waals surface area contributed by atoms with Crippen LogP contribution in [0.4, 0.5) is 5.69 Å². The topological polar surface area (TPSA) is 58.6 Å². The number of nitrogens with one attached hydrogen (secondary N) is 1. The smallest absolute Gasteiger partial charge is 0.262 e. The summed E-state index contributed by atoms with van der Waals surface area (Å²) in [6.45, 7) is 2.36. The monoisotopic (exact) mass is 388 g/mol. The second-order valence-corrected chi connectivity index (χ2v) is 7.21. The molecule has 0 atom stereocenters. The van der Waals surface area contributed by atoms with Crippen LogP contribution in [0, 0.1) is 0 Å². The molecule has 148 valence electrons. The van der Waals surface area contributed by atoms with E-state index in [1.165, 1.54) is 0 Å². The van der Waals surface area contributed by atoms with Crippen molar-refractivity contribution in [3.05, 3.63) is 72.3 Å². The predicted octanol–water partition coefficient (Wildman–Crippen LogP) is 4.16. The van der Waals surface area contributed by atoms with Crippen molar-refractivity contribution in [1.29, 1.82) is 0 Å². The fourth-order valence-electron chi connectivity index (χ4n) is 3.34. The molecule has 0 saturated heterocycles. The average Bonchev–Trinajstić information content (AvgIpc) is 3.56. The normalized spacial score (nSPS) is 13.1. The second-order valence-electron chi connectivity index (χ2n) is 7.21. The number of carbonyl (C=O) groups excluding carboxylic acids is 2. The van der Waals surface area contributed by atoms with Crippen molar-refractivity contribution in [3.8, 4) is 5.75 Å². The molecule has 3 aromatic rings. The molecule has 1 aliphatic carbocycles. The first-order valence-corrected chi connectivity index (χ1v) is 9.97. The lowest BCUT2D eigenvalue weighted by atomic mass is 10.0. The third kappa shape index (κ3) is 4.40. The molecule has 4 rings (SSSR count). The lowest BCUT2D eigenvalue weighted by Crippen LogP contribution is -2.32. The van der Waals surface area contributed by atoms with Crippen LogP contribution in [0.25, 0.3) is 10.8 Å². The summed E-state index contributed by atoms with van der Waals surface area (Å²) in [6.07, 6.45) is 2.04. The zero-order chi connectivity index (χ0) is 20.2. The van der Waals surface area contributed by atoms with E-state index in [0.29, 0.717) is 17.9 Å². The van der Waals surface area contributed by atoms with E-state index in [0.717, 1.165) is 29.3 Å². The molecule has 0 aliphatic heterocycles. The molecule has 3 aromatic carbocycles. The highest BCUT2D eigenvalue weighted by Gasteiger charge is 2.24. The summed E-state index contributed by atoms with van der Waals surface area (Å²) in [4.78, 5) is 27.2. The largest absolute Gasteiger partial charge is 0.483 e. The van der Waals surface area contributed by atoms with Gasteiger partial charge in [-0.3, -0.25) is 9.59 Å². The Morgan fingerprint density at radius 2 is 1.66 bits per heavy atom. The lowest BCUT2D eigenvalue weighted by Gasteiger charge is -2.23. The van der Waals surface area contributed by atoms with Gasteiger partial charge in [0.25, 0.3) is 11.8 Å². The van der Waals surface area contributed by atoms with Gasteiger partial charge >= 0.3 is 0 Å². The van der Waals surface area contributed by atoms with Crippen molar-refractivity contribution in [2.75, 3.05) is 18.1 Å². The van der Waals surface area contributed by atoms with Crippen LogP contribution in [0.5, 0.6) is 5.75 Å². The Labute approximate surface area is 170 Å². The highest BCUT2D eigenvalue weighted by Crippen LogP contribution is 2.29. The number of anilines is 1. The molecule has 2 amide bonds. The quantitative estimate of drug-likeness (QED) is 0.661. The van der Waals surface area contributed by atoms with E-state index in [9.17, 15) is 9.59 Å². The van der Waals surface area contributed by atoms with Gasteiger partial charge in [0, 0.05) is 18.3 Å². The first-order chi connectivity index (χ1) is 14.2. The summed E-state index contributed by atoms with van der Waals surface area (Å²) in [5, 5.41) is 4.83. The van der Waals surface area contributed by atoms with Crippen LogP contribution < -0.4 is 15.0 Å². The number of nitrogens with zero attached hydrogens (tertiary/aromatic N) is 1. The molecule has 0 aromatic heterocycles. The number of amides is 2. The number of hydrogen-bond donors (Lipinski definition) is 1. The third-order valence-corrected chi connectivity index (χ3v) is 5.01. The highest BCUT2D eigenvalue weighted by molar-refractivity contribution is 6.10. The number of ether oxygens (including phenoxy) is 1. The van der Waals surface area contributed by atoms with Crippen molar-refractivity contribution in [2.24, 2.45) is 0 Å². The summed E-state index contributed by atoms with van der Waals surface area (Å²) in [6, 6.07) is 21.3. The summed E-state index contributed by atoms with van der Waals surface area (Å²) in [7, 11) is 0. The molecule has 0 spiro atoms. The Morgan fingerprint density at radius 1 is 1.00 bits per heavy atom. The second kappa shape index (κ2) is 8.35. The van der Waals surface area contributed by atoms with Crippen molar-refractivity contribution in [3.63, 3.8) is 0 Å². The Kier molecular flexibility index (Phi) is 5.47. The number of hydrogen-bond acceptors (Lipinski definition) is 3. The lowest BCUT2D eigenvalue weighted by molar-refractivity contribution is -0.123. The molecular formula is C24H24N2O3. The maximum Gasteiger partial charge on any atom is 0.262 e. The minimum absolute atomic E-state index is 0.105. The summed E-state index contributed by atoms with van der Waals surface area (Å²) in [5.74, 6) is 0.116. The number of carbonyl (C=O) groups is 2. The Balaban J connectivity index is 1.66. The van der Waals surface area contributed by atoms with Crippen molar-refractivity contribution >= 4 is 28.3 Å². The zero-order valence-corrected chi connectivity index (χ0v) is 16.4. The maximum atomic E-state index is 13.4. The van der Waals surface area contributed by atoms with E-state index in [2.05, 4.69) is 5.32 Å². The van der Waals surface area contributed by atoms with Crippen LogP contribution in [-0.2, 0) is 4.79 Å². The predicted molar refractivity (Wildman–Crippen MR) is 114 cm³/mol. The highest BCUT2D eigenvalue weighted by atomic mass is 16.5. The van der Waals surface area contributed by atoms with E-state index in [4.69, 9.17) is 4.74 Å². The van der Waals surface area contributed by atoms with E-state index in [1.54, 1.807) is 4.90 Å². The summed E-state index contributed by atoms with van der Waals surface area (Å²) < 4.78 is 5.83. The molecule has 1 aliphatic rings. The fourth-order valence-corrected chi connectivity index (χ4v) is 3.34. The Hall–Kier alpha value is -3.34. The summed E-state index contributed by atoms with van der Waals surface area (Å²) >= 11 is 0. The molecule has 0 radical (unpaired) electrons. The molecule has 5 heteroatoms. The van der Waals surface area contributed by atoms with Crippen molar-refractivity contribution in [2.45, 2.75) is 25.8 Å². The van der Waals surface area contributed by atoms with Gasteiger partial charge in [0.15, 0.2) is 6.61 Å². The average molecular weight is 388 g/mol. The van der Waals surface area contributed by atoms with Crippen LogP contribution >= 0.6 is 0 Å². The van der Waals surface area contributed by atoms with Crippen molar-refractivity contribution in [1.82, 2.24) is 5.32 Å².